The largest absolute Gasteiger partial charge is 0.257 e. The maximum absolute atomic E-state index is 12.4. The lowest BCUT2D eigenvalue weighted by atomic mass is 10.2. The summed E-state index contributed by atoms with van der Waals surface area (Å²) < 4.78 is 12.4. The van der Waals surface area contributed by atoms with Gasteiger partial charge < -0.3 is 0 Å². The first-order chi connectivity index (χ1) is 4.74. The third-order valence-corrected chi connectivity index (χ3v) is 1.81. The Labute approximate surface area is 67.4 Å². The van der Waals surface area contributed by atoms with Crippen LogP contribution in [0.5, 0.6) is 0 Å². The van der Waals surface area contributed by atoms with Gasteiger partial charge in [-0.1, -0.05) is 15.9 Å². The van der Waals surface area contributed by atoms with Gasteiger partial charge in [0.05, 0.1) is 11.9 Å². The van der Waals surface area contributed by atoms with E-state index in [9.17, 15) is 4.39 Å². The van der Waals surface area contributed by atoms with Gasteiger partial charge in [0, 0.05) is 5.33 Å². The molecule has 0 saturated carbocycles. The van der Waals surface area contributed by atoms with Gasteiger partial charge >= 0.3 is 0 Å². The highest BCUT2D eigenvalue weighted by Gasteiger charge is 1.97. The number of halogens is 2. The number of aryl methyl sites for hydroxylation is 1. The molecule has 1 aromatic heterocycles. The van der Waals surface area contributed by atoms with Crippen molar-refractivity contribution in [2.75, 3.05) is 0 Å². The minimum atomic E-state index is -0.276. The van der Waals surface area contributed by atoms with Crippen molar-refractivity contribution in [3.8, 4) is 0 Å². The van der Waals surface area contributed by atoms with E-state index in [1.54, 1.807) is 0 Å². The molecule has 1 rings (SSSR count). The highest BCUT2D eigenvalue weighted by Crippen LogP contribution is 2.09. The number of nitrogens with zero attached hydrogens (tertiary/aromatic N) is 1. The van der Waals surface area contributed by atoms with Crippen LogP contribution in [0.4, 0.5) is 4.39 Å². The summed E-state index contributed by atoms with van der Waals surface area (Å²) in [6, 6.07) is 1.48. The van der Waals surface area contributed by atoms with Gasteiger partial charge in [0.25, 0.3) is 0 Å². The van der Waals surface area contributed by atoms with Gasteiger partial charge in [-0.3, -0.25) is 4.98 Å². The molecule has 0 aliphatic carbocycles. The van der Waals surface area contributed by atoms with Gasteiger partial charge in [-0.2, -0.15) is 0 Å². The maximum atomic E-state index is 12.4. The maximum Gasteiger partial charge on any atom is 0.141 e. The standard InChI is InChI=1S/C7H7BrFN/c1-5-2-6(9)4-10-7(5)3-8/h2,4H,3H2,1H3. The lowest BCUT2D eigenvalue weighted by Gasteiger charge is -1.98. The fourth-order valence-corrected chi connectivity index (χ4v) is 1.30. The van der Waals surface area contributed by atoms with Gasteiger partial charge in [0.2, 0.25) is 0 Å². The van der Waals surface area contributed by atoms with Crippen LogP contribution in [0.25, 0.3) is 0 Å². The van der Waals surface area contributed by atoms with Crippen LogP contribution in [0.2, 0.25) is 0 Å². The molecule has 0 amide bonds. The first-order valence-corrected chi connectivity index (χ1v) is 4.03. The molecule has 0 saturated heterocycles. The monoisotopic (exact) mass is 203 g/mol. The van der Waals surface area contributed by atoms with Crippen LogP contribution < -0.4 is 0 Å². The summed E-state index contributed by atoms with van der Waals surface area (Å²) in [7, 11) is 0. The summed E-state index contributed by atoms with van der Waals surface area (Å²) >= 11 is 3.25. The Kier molecular flexibility index (Phi) is 2.38. The molecule has 10 heavy (non-hydrogen) atoms. The van der Waals surface area contributed by atoms with E-state index in [4.69, 9.17) is 0 Å². The summed E-state index contributed by atoms with van der Waals surface area (Å²) in [5, 5.41) is 0.680. The van der Waals surface area contributed by atoms with Crippen molar-refractivity contribution < 1.29 is 4.39 Å². The summed E-state index contributed by atoms with van der Waals surface area (Å²) in [6.45, 7) is 1.84. The Morgan fingerprint density at radius 1 is 1.70 bits per heavy atom. The Bertz CT molecular complexity index is 237. The number of aromatic nitrogens is 1. The molecule has 0 aromatic carbocycles. The molecule has 0 fully saturated rings. The molecule has 3 heteroatoms. The molecule has 0 unspecified atom stereocenters. The van der Waals surface area contributed by atoms with Crippen molar-refractivity contribution in [3.63, 3.8) is 0 Å². The Balaban J connectivity index is 3.07. The second kappa shape index (κ2) is 3.10. The number of pyridine rings is 1. The lowest BCUT2D eigenvalue weighted by Crippen LogP contribution is -1.90. The van der Waals surface area contributed by atoms with Crippen LogP contribution in [0, 0.1) is 12.7 Å². The molecule has 0 N–H and O–H groups in total. The Hall–Kier alpha value is -0.440. The third kappa shape index (κ3) is 1.53. The van der Waals surface area contributed by atoms with E-state index in [1.807, 2.05) is 6.92 Å². The van der Waals surface area contributed by atoms with Gasteiger partial charge in [-0.15, -0.1) is 0 Å². The highest BCUT2D eigenvalue weighted by molar-refractivity contribution is 9.08. The number of hydrogen-bond acceptors (Lipinski definition) is 1. The second-order valence-corrected chi connectivity index (χ2v) is 2.61. The molecule has 0 bridgehead atoms. The normalized spacial score (nSPS) is 9.90. The zero-order chi connectivity index (χ0) is 7.56. The summed E-state index contributed by atoms with van der Waals surface area (Å²) in [5.41, 5.74) is 1.78. The Morgan fingerprint density at radius 2 is 2.40 bits per heavy atom. The van der Waals surface area contributed by atoms with E-state index in [-0.39, 0.29) is 5.82 Å². The number of rotatable bonds is 1. The predicted molar refractivity (Wildman–Crippen MR) is 41.6 cm³/mol. The first kappa shape index (κ1) is 7.66. The summed E-state index contributed by atoms with van der Waals surface area (Å²) in [4.78, 5) is 3.87. The second-order valence-electron chi connectivity index (χ2n) is 2.05. The van der Waals surface area contributed by atoms with Crippen molar-refractivity contribution in [1.29, 1.82) is 0 Å². The smallest absolute Gasteiger partial charge is 0.141 e. The fraction of sp³-hybridized carbons (Fsp3) is 0.286. The molecule has 0 spiro atoms. The van der Waals surface area contributed by atoms with Crippen LogP contribution >= 0.6 is 15.9 Å². The van der Waals surface area contributed by atoms with Crippen molar-refractivity contribution >= 4 is 15.9 Å². The van der Waals surface area contributed by atoms with E-state index in [2.05, 4.69) is 20.9 Å². The average Bonchev–Trinajstić information content (AvgIpc) is 1.88. The van der Waals surface area contributed by atoms with Gasteiger partial charge in [0.1, 0.15) is 5.82 Å². The summed E-state index contributed by atoms with van der Waals surface area (Å²) in [6.07, 6.45) is 1.23. The highest BCUT2D eigenvalue weighted by atomic mass is 79.9. The minimum absolute atomic E-state index is 0.276. The molecule has 1 nitrogen and oxygen atoms in total. The third-order valence-electron chi connectivity index (χ3n) is 1.28. The van der Waals surface area contributed by atoms with Crippen molar-refractivity contribution in [2.24, 2.45) is 0 Å². The van der Waals surface area contributed by atoms with E-state index in [0.717, 1.165) is 11.3 Å². The predicted octanol–water partition coefficient (Wildman–Crippen LogP) is 2.42. The number of alkyl halides is 1. The summed E-state index contributed by atoms with van der Waals surface area (Å²) in [5.74, 6) is -0.276. The van der Waals surface area contributed by atoms with Gasteiger partial charge in [-0.25, -0.2) is 4.39 Å². The quantitative estimate of drug-likeness (QED) is 0.640. The van der Waals surface area contributed by atoms with Crippen LogP contribution in [-0.4, -0.2) is 4.98 Å². The Morgan fingerprint density at radius 3 is 2.90 bits per heavy atom. The average molecular weight is 204 g/mol. The van der Waals surface area contributed by atoms with E-state index < -0.39 is 0 Å². The molecule has 1 heterocycles. The van der Waals surface area contributed by atoms with E-state index in [0.29, 0.717) is 5.33 Å². The van der Waals surface area contributed by atoms with Crippen molar-refractivity contribution in [2.45, 2.75) is 12.3 Å². The van der Waals surface area contributed by atoms with Crippen LogP contribution in [0.3, 0.4) is 0 Å². The molecule has 54 valence electrons. The van der Waals surface area contributed by atoms with E-state index >= 15 is 0 Å². The molecule has 0 aliphatic rings. The first-order valence-electron chi connectivity index (χ1n) is 2.91. The zero-order valence-corrected chi connectivity index (χ0v) is 7.15. The molecular weight excluding hydrogens is 197 g/mol. The van der Waals surface area contributed by atoms with E-state index in [1.165, 1.54) is 12.3 Å². The molecule has 1 aromatic rings. The fourth-order valence-electron chi connectivity index (χ4n) is 0.709. The zero-order valence-electron chi connectivity index (χ0n) is 5.56. The van der Waals surface area contributed by atoms with Crippen molar-refractivity contribution in [1.82, 2.24) is 4.98 Å². The van der Waals surface area contributed by atoms with Gasteiger partial charge in [-0.05, 0) is 18.6 Å². The SMILES string of the molecule is Cc1cc(F)cnc1CBr. The lowest BCUT2D eigenvalue weighted by molar-refractivity contribution is 0.618. The topological polar surface area (TPSA) is 12.9 Å². The molecule has 0 aliphatic heterocycles. The van der Waals surface area contributed by atoms with Crippen molar-refractivity contribution in [3.05, 3.63) is 29.3 Å². The molecule has 0 atom stereocenters. The minimum Gasteiger partial charge on any atom is -0.257 e. The molecular formula is C7H7BrFN. The molecule has 0 radical (unpaired) electrons. The number of hydrogen-bond donors (Lipinski definition) is 0. The van der Waals surface area contributed by atoms with Crippen LogP contribution in [0.15, 0.2) is 12.3 Å². The van der Waals surface area contributed by atoms with Crippen LogP contribution in [-0.2, 0) is 5.33 Å². The van der Waals surface area contributed by atoms with Gasteiger partial charge in [0.15, 0.2) is 0 Å². The van der Waals surface area contributed by atoms with Crippen LogP contribution in [0.1, 0.15) is 11.3 Å².